The van der Waals surface area contributed by atoms with Gasteiger partial charge in [-0.05, 0) is 46.7 Å². The van der Waals surface area contributed by atoms with E-state index >= 15 is 0 Å². The first-order valence-electron chi connectivity index (χ1n) is 4.69. The van der Waals surface area contributed by atoms with E-state index in [2.05, 4.69) is 27.6 Å². The van der Waals surface area contributed by atoms with Gasteiger partial charge in [0.2, 0.25) is 0 Å². The standard InChI is InChI=1S/C11H7FINO/c12-8-4-5(13)3-7-6-1-2-9(15)11(6)14-10(7)8/h3-4,14H,1-2H2. The van der Waals surface area contributed by atoms with Crippen molar-refractivity contribution in [1.82, 2.24) is 4.98 Å². The van der Waals surface area contributed by atoms with Crippen LogP contribution < -0.4 is 0 Å². The van der Waals surface area contributed by atoms with Crippen LogP contribution >= 0.6 is 22.6 Å². The lowest BCUT2D eigenvalue weighted by atomic mass is 10.1. The lowest BCUT2D eigenvalue weighted by Crippen LogP contribution is -1.91. The third-order valence-electron chi connectivity index (χ3n) is 2.81. The molecule has 0 atom stereocenters. The molecule has 2 aromatic rings. The normalized spacial score (nSPS) is 14.9. The molecule has 4 heteroatoms. The van der Waals surface area contributed by atoms with Crippen molar-refractivity contribution in [1.29, 1.82) is 0 Å². The summed E-state index contributed by atoms with van der Waals surface area (Å²) in [6.07, 6.45) is 1.28. The molecule has 0 amide bonds. The van der Waals surface area contributed by atoms with Crippen molar-refractivity contribution in [2.75, 3.05) is 0 Å². The van der Waals surface area contributed by atoms with Crippen LogP contribution in [-0.2, 0) is 6.42 Å². The third kappa shape index (κ3) is 1.24. The Labute approximate surface area is 99.0 Å². The lowest BCUT2D eigenvalue weighted by molar-refractivity contribution is 0.0991. The number of carbonyl (C=O) groups is 1. The molecule has 0 radical (unpaired) electrons. The maximum absolute atomic E-state index is 13.6. The largest absolute Gasteiger partial charge is 0.349 e. The molecule has 3 rings (SSSR count). The summed E-state index contributed by atoms with van der Waals surface area (Å²) in [5.74, 6) is -0.185. The number of ketones is 1. The zero-order valence-corrected chi connectivity index (χ0v) is 9.89. The van der Waals surface area contributed by atoms with Crippen LogP contribution in [0.25, 0.3) is 10.9 Å². The van der Waals surface area contributed by atoms with Crippen LogP contribution in [0.3, 0.4) is 0 Å². The van der Waals surface area contributed by atoms with Crippen LogP contribution in [0.1, 0.15) is 22.5 Å². The van der Waals surface area contributed by atoms with Gasteiger partial charge in [-0.3, -0.25) is 4.79 Å². The summed E-state index contributed by atoms with van der Waals surface area (Å²) >= 11 is 2.08. The van der Waals surface area contributed by atoms with Crippen molar-refractivity contribution in [3.8, 4) is 0 Å². The molecule has 76 valence electrons. The molecule has 0 aliphatic heterocycles. The van der Waals surface area contributed by atoms with Crippen molar-refractivity contribution < 1.29 is 9.18 Å². The van der Waals surface area contributed by atoms with E-state index in [-0.39, 0.29) is 11.6 Å². The topological polar surface area (TPSA) is 32.9 Å². The van der Waals surface area contributed by atoms with E-state index < -0.39 is 0 Å². The number of H-pyrrole nitrogens is 1. The fourth-order valence-electron chi connectivity index (χ4n) is 2.13. The van der Waals surface area contributed by atoms with Gasteiger partial charge in [0, 0.05) is 15.4 Å². The van der Waals surface area contributed by atoms with Gasteiger partial charge in [-0.15, -0.1) is 0 Å². The number of Topliss-reactive ketones (excluding diaryl/α,β-unsaturated/α-hetero) is 1. The number of benzene rings is 1. The Bertz CT molecular complexity index is 588. The highest BCUT2D eigenvalue weighted by Crippen LogP contribution is 2.32. The summed E-state index contributed by atoms with van der Waals surface area (Å²) in [7, 11) is 0. The van der Waals surface area contributed by atoms with Gasteiger partial charge in [-0.25, -0.2) is 4.39 Å². The first kappa shape index (κ1) is 9.33. The second-order valence-electron chi connectivity index (χ2n) is 3.71. The Balaban J connectivity index is 2.44. The van der Waals surface area contributed by atoms with Crippen LogP contribution in [-0.4, -0.2) is 10.8 Å². The average Bonchev–Trinajstić information content (AvgIpc) is 2.68. The number of halogens is 2. The number of nitrogens with one attached hydrogen (secondary N) is 1. The van der Waals surface area contributed by atoms with E-state index in [1.165, 1.54) is 6.07 Å². The van der Waals surface area contributed by atoms with Gasteiger partial charge in [0.05, 0.1) is 11.2 Å². The fraction of sp³-hybridized carbons (Fsp3) is 0.182. The molecule has 0 unspecified atom stereocenters. The number of aromatic nitrogens is 1. The molecule has 0 spiro atoms. The molecule has 0 saturated heterocycles. The Kier molecular flexibility index (Phi) is 1.89. The van der Waals surface area contributed by atoms with Crippen LogP contribution in [0, 0.1) is 9.39 Å². The maximum atomic E-state index is 13.6. The van der Waals surface area contributed by atoms with Crippen LogP contribution in [0.15, 0.2) is 12.1 Å². The predicted octanol–water partition coefficient (Wildman–Crippen LogP) is 3.04. The smallest absolute Gasteiger partial charge is 0.179 e. The highest BCUT2D eigenvalue weighted by atomic mass is 127. The quantitative estimate of drug-likeness (QED) is 0.745. The maximum Gasteiger partial charge on any atom is 0.179 e. The fourth-order valence-corrected chi connectivity index (χ4v) is 2.72. The van der Waals surface area contributed by atoms with E-state index in [9.17, 15) is 9.18 Å². The number of carbonyl (C=O) groups excluding carboxylic acids is 1. The first-order chi connectivity index (χ1) is 7.16. The molecule has 0 saturated carbocycles. The number of hydrogen-bond donors (Lipinski definition) is 1. The van der Waals surface area contributed by atoms with Crippen molar-refractivity contribution >= 4 is 39.3 Å². The Morgan fingerprint density at radius 2 is 2.13 bits per heavy atom. The van der Waals surface area contributed by atoms with Gasteiger partial charge in [0.1, 0.15) is 5.82 Å². The summed E-state index contributed by atoms with van der Waals surface area (Å²) in [5, 5.41) is 0.861. The van der Waals surface area contributed by atoms with E-state index in [4.69, 9.17) is 0 Å². The van der Waals surface area contributed by atoms with Crippen LogP contribution in [0.4, 0.5) is 4.39 Å². The second-order valence-corrected chi connectivity index (χ2v) is 4.96. The molecule has 0 fully saturated rings. The van der Waals surface area contributed by atoms with Crippen LogP contribution in [0.2, 0.25) is 0 Å². The summed E-state index contributed by atoms with van der Waals surface area (Å²) < 4.78 is 14.4. The van der Waals surface area contributed by atoms with Gasteiger partial charge < -0.3 is 4.98 Å². The minimum absolute atomic E-state index is 0.0932. The number of fused-ring (bicyclic) bond motifs is 3. The molecule has 1 heterocycles. The monoisotopic (exact) mass is 315 g/mol. The molecule has 15 heavy (non-hydrogen) atoms. The van der Waals surface area contributed by atoms with Gasteiger partial charge in [-0.1, -0.05) is 0 Å². The van der Waals surface area contributed by atoms with E-state index in [1.807, 2.05) is 6.07 Å². The van der Waals surface area contributed by atoms with Gasteiger partial charge in [0.25, 0.3) is 0 Å². The van der Waals surface area contributed by atoms with Crippen LogP contribution in [0.5, 0.6) is 0 Å². The van der Waals surface area contributed by atoms with E-state index in [0.29, 0.717) is 17.6 Å². The minimum atomic E-state index is -0.279. The Morgan fingerprint density at radius 1 is 1.33 bits per heavy atom. The molecular weight excluding hydrogens is 308 g/mol. The average molecular weight is 315 g/mol. The summed E-state index contributed by atoms with van der Waals surface area (Å²) in [6, 6.07) is 3.39. The van der Waals surface area contributed by atoms with Gasteiger partial charge in [0.15, 0.2) is 5.78 Å². The summed E-state index contributed by atoms with van der Waals surface area (Å²) in [4.78, 5) is 14.4. The number of rotatable bonds is 0. The van der Waals surface area contributed by atoms with Gasteiger partial charge in [-0.2, -0.15) is 0 Å². The lowest BCUT2D eigenvalue weighted by Gasteiger charge is -1.96. The number of aryl methyl sites for hydroxylation is 1. The SMILES string of the molecule is O=C1CCc2c1[nH]c1c(F)cc(I)cc21. The van der Waals surface area contributed by atoms with E-state index in [1.54, 1.807) is 0 Å². The minimum Gasteiger partial charge on any atom is -0.349 e. The van der Waals surface area contributed by atoms with Crippen molar-refractivity contribution in [2.24, 2.45) is 0 Å². The summed E-state index contributed by atoms with van der Waals surface area (Å²) in [5.41, 5.74) is 2.05. The Morgan fingerprint density at radius 3 is 2.93 bits per heavy atom. The third-order valence-corrected chi connectivity index (χ3v) is 3.44. The molecule has 1 aromatic carbocycles. The molecular formula is C11H7FINO. The number of hydrogen-bond acceptors (Lipinski definition) is 1. The zero-order chi connectivity index (χ0) is 10.6. The first-order valence-corrected chi connectivity index (χ1v) is 5.77. The Hall–Kier alpha value is -0.910. The predicted molar refractivity (Wildman–Crippen MR) is 63.6 cm³/mol. The highest BCUT2D eigenvalue weighted by molar-refractivity contribution is 14.1. The van der Waals surface area contributed by atoms with Crippen molar-refractivity contribution in [3.05, 3.63) is 32.8 Å². The van der Waals surface area contributed by atoms with Crippen molar-refractivity contribution in [3.63, 3.8) is 0 Å². The molecule has 1 aromatic heterocycles. The molecule has 1 aliphatic rings. The van der Waals surface area contributed by atoms with Crippen molar-refractivity contribution in [2.45, 2.75) is 12.8 Å². The zero-order valence-electron chi connectivity index (χ0n) is 7.73. The van der Waals surface area contributed by atoms with E-state index in [0.717, 1.165) is 20.9 Å². The molecule has 0 bridgehead atoms. The number of aromatic amines is 1. The van der Waals surface area contributed by atoms with Gasteiger partial charge >= 0.3 is 0 Å². The molecule has 1 N–H and O–H groups in total. The second kappa shape index (κ2) is 3.04. The summed E-state index contributed by atoms with van der Waals surface area (Å²) in [6.45, 7) is 0. The molecule has 2 nitrogen and oxygen atoms in total. The highest BCUT2D eigenvalue weighted by Gasteiger charge is 2.25. The molecule has 1 aliphatic carbocycles.